The Morgan fingerprint density at radius 2 is 1.94 bits per heavy atom. The van der Waals surface area contributed by atoms with Gasteiger partial charge in [0.05, 0.1) is 29.5 Å². The van der Waals surface area contributed by atoms with Crippen LogP contribution in [-0.4, -0.2) is 38.5 Å². The first-order valence-electron chi connectivity index (χ1n) is 11.3. The number of fused-ring (bicyclic) bond motifs is 3. The van der Waals surface area contributed by atoms with E-state index in [0.717, 1.165) is 59.1 Å². The van der Waals surface area contributed by atoms with Crippen LogP contribution in [0.3, 0.4) is 0 Å². The average Bonchev–Trinajstić information content (AvgIpc) is 3.23. The molecule has 3 heterocycles. The molecule has 0 saturated heterocycles. The second-order valence-electron chi connectivity index (χ2n) is 8.20. The molecule has 4 aromatic rings. The van der Waals surface area contributed by atoms with E-state index in [9.17, 15) is 4.79 Å². The predicted octanol–water partition coefficient (Wildman–Crippen LogP) is 3.57. The van der Waals surface area contributed by atoms with Crippen molar-refractivity contribution in [1.29, 1.82) is 0 Å². The Morgan fingerprint density at radius 1 is 1.09 bits per heavy atom. The van der Waals surface area contributed by atoms with E-state index in [0.29, 0.717) is 19.5 Å². The highest BCUT2D eigenvalue weighted by atomic mass is 16.1. The standard InChI is InChI=1S/C25H30N6O/c1-18(11-12-26)22-24-25(23-20(30-22)10-7-14-28-23)31(17-29-24)15-6-5-13-27-21(32)16-19-8-3-2-4-9-19/h2-4,7-10,14,17-18H,5-6,11-13,15-16,26H2,1H3,(H,27,32). The van der Waals surface area contributed by atoms with Crippen LogP contribution in [0.15, 0.2) is 55.0 Å². The molecule has 7 nitrogen and oxygen atoms in total. The molecule has 166 valence electrons. The highest BCUT2D eigenvalue weighted by molar-refractivity contribution is 6.00. The summed E-state index contributed by atoms with van der Waals surface area (Å²) in [6.07, 6.45) is 6.79. The number of pyridine rings is 2. The summed E-state index contributed by atoms with van der Waals surface area (Å²) in [5, 5.41) is 3.02. The van der Waals surface area contributed by atoms with Gasteiger partial charge < -0.3 is 15.6 Å². The Bertz CT molecular complexity index is 1190. The lowest BCUT2D eigenvalue weighted by atomic mass is 10.0. The lowest BCUT2D eigenvalue weighted by Crippen LogP contribution is -2.26. The van der Waals surface area contributed by atoms with Gasteiger partial charge in [-0.15, -0.1) is 0 Å². The van der Waals surface area contributed by atoms with Crippen molar-refractivity contribution in [3.8, 4) is 0 Å². The highest BCUT2D eigenvalue weighted by Gasteiger charge is 2.18. The fraction of sp³-hybridized carbons (Fsp3) is 0.360. The largest absolute Gasteiger partial charge is 0.356 e. The molecule has 0 fully saturated rings. The molecule has 1 atom stereocenters. The summed E-state index contributed by atoms with van der Waals surface area (Å²) in [5.74, 6) is 0.291. The number of hydrogen-bond acceptors (Lipinski definition) is 5. The van der Waals surface area contributed by atoms with Crippen molar-refractivity contribution >= 4 is 28.0 Å². The quantitative estimate of drug-likeness (QED) is 0.375. The summed E-state index contributed by atoms with van der Waals surface area (Å²) in [6, 6.07) is 13.7. The van der Waals surface area contributed by atoms with Crippen LogP contribution in [0.2, 0.25) is 0 Å². The van der Waals surface area contributed by atoms with Gasteiger partial charge in [-0.3, -0.25) is 9.78 Å². The third-order valence-corrected chi connectivity index (χ3v) is 5.75. The summed E-state index contributed by atoms with van der Waals surface area (Å²) in [7, 11) is 0. The zero-order chi connectivity index (χ0) is 22.3. The van der Waals surface area contributed by atoms with Crippen molar-refractivity contribution in [2.75, 3.05) is 13.1 Å². The number of benzene rings is 1. The number of nitrogens with two attached hydrogens (primary N) is 1. The second-order valence-corrected chi connectivity index (χ2v) is 8.20. The van der Waals surface area contributed by atoms with E-state index in [1.54, 1.807) is 6.20 Å². The van der Waals surface area contributed by atoms with E-state index in [2.05, 4.69) is 21.8 Å². The Balaban J connectivity index is 1.42. The summed E-state index contributed by atoms with van der Waals surface area (Å²) >= 11 is 0. The molecular weight excluding hydrogens is 400 g/mol. The third-order valence-electron chi connectivity index (χ3n) is 5.75. The van der Waals surface area contributed by atoms with E-state index < -0.39 is 0 Å². The van der Waals surface area contributed by atoms with E-state index in [4.69, 9.17) is 15.7 Å². The summed E-state index contributed by atoms with van der Waals surface area (Å²) < 4.78 is 2.16. The maximum Gasteiger partial charge on any atom is 0.224 e. The second kappa shape index (κ2) is 10.3. The van der Waals surface area contributed by atoms with Crippen molar-refractivity contribution in [2.24, 2.45) is 5.73 Å². The molecule has 7 heteroatoms. The molecule has 3 N–H and O–H groups in total. The number of rotatable bonds is 10. The van der Waals surface area contributed by atoms with Crippen LogP contribution in [0, 0.1) is 0 Å². The molecule has 1 amide bonds. The number of carbonyl (C=O) groups is 1. The number of nitrogens with one attached hydrogen (secondary N) is 1. The average molecular weight is 431 g/mol. The number of hydrogen-bond donors (Lipinski definition) is 2. The molecule has 0 spiro atoms. The Hall–Kier alpha value is -3.32. The van der Waals surface area contributed by atoms with Gasteiger partial charge in [-0.25, -0.2) is 9.97 Å². The van der Waals surface area contributed by atoms with Crippen LogP contribution < -0.4 is 11.1 Å². The number of aryl methyl sites for hydroxylation is 1. The predicted molar refractivity (Wildman–Crippen MR) is 127 cm³/mol. The zero-order valence-corrected chi connectivity index (χ0v) is 18.5. The third kappa shape index (κ3) is 4.94. The summed E-state index contributed by atoms with van der Waals surface area (Å²) in [6.45, 7) is 4.24. The SMILES string of the molecule is CC(CCN)c1nc2cccnc2c2c1ncn2CCCCNC(=O)Cc1ccccc1. The first-order chi connectivity index (χ1) is 15.7. The number of nitrogens with zero attached hydrogens (tertiary/aromatic N) is 4. The van der Waals surface area contributed by atoms with Gasteiger partial charge in [-0.2, -0.15) is 0 Å². The van der Waals surface area contributed by atoms with Gasteiger partial charge in [0.25, 0.3) is 0 Å². The van der Waals surface area contributed by atoms with E-state index >= 15 is 0 Å². The van der Waals surface area contributed by atoms with E-state index in [-0.39, 0.29) is 11.8 Å². The van der Waals surface area contributed by atoms with Crippen LogP contribution >= 0.6 is 0 Å². The Kier molecular flexibility index (Phi) is 7.07. The fourth-order valence-corrected chi connectivity index (χ4v) is 4.05. The highest BCUT2D eigenvalue weighted by Crippen LogP contribution is 2.29. The molecule has 1 aromatic carbocycles. The molecule has 3 aromatic heterocycles. The molecule has 0 saturated carbocycles. The minimum absolute atomic E-state index is 0.0593. The Labute approximate surface area is 188 Å². The number of carbonyl (C=O) groups excluding carboxylic acids is 1. The van der Waals surface area contributed by atoms with Crippen molar-refractivity contribution in [2.45, 2.75) is 45.1 Å². The monoisotopic (exact) mass is 430 g/mol. The van der Waals surface area contributed by atoms with Crippen molar-refractivity contribution < 1.29 is 4.79 Å². The van der Waals surface area contributed by atoms with Gasteiger partial charge in [-0.05, 0) is 43.5 Å². The number of aromatic nitrogens is 4. The van der Waals surface area contributed by atoms with Crippen molar-refractivity contribution in [3.05, 3.63) is 66.2 Å². The minimum Gasteiger partial charge on any atom is -0.356 e. The summed E-state index contributed by atoms with van der Waals surface area (Å²) in [4.78, 5) is 26.3. The molecule has 0 aliphatic heterocycles. The lowest BCUT2D eigenvalue weighted by Gasteiger charge is -2.13. The van der Waals surface area contributed by atoms with Gasteiger partial charge in [0.15, 0.2) is 0 Å². The van der Waals surface area contributed by atoms with Crippen LogP contribution in [0.4, 0.5) is 0 Å². The molecule has 0 aliphatic rings. The van der Waals surface area contributed by atoms with Crippen LogP contribution in [0.1, 0.15) is 43.4 Å². The number of amides is 1. The van der Waals surface area contributed by atoms with Gasteiger partial charge in [-0.1, -0.05) is 37.3 Å². The van der Waals surface area contributed by atoms with Crippen molar-refractivity contribution in [1.82, 2.24) is 24.8 Å². The van der Waals surface area contributed by atoms with E-state index in [1.807, 2.05) is 48.8 Å². The normalized spacial score (nSPS) is 12.3. The topological polar surface area (TPSA) is 98.7 Å². The molecule has 0 bridgehead atoms. The summed E-state index contributed by atoms with van der Waals surface area (Å²) in [5.41, 5.74) is 11.5. The lowest BCUT2D eigenvalue weighted by molar-refractivity contribution is -0.120. The van der Waals surface area contributed by atoms with Crippen LogP contribution in [0.25, 0.3) is 22.1 Å². The zero-order valence-electron chi connectivity index (χ0n) is 18.5. The molecule has 1 unspecified atom stereocenters. The number of imidazole rings is 1. The molecule has 32 heavy (non-hydrogen) atoms. The van der Waals surface area contributed by atoms with Gasteiger partial charge in [0.2, 0.25) is 5.91 Å². The first kappa shape index (κ1) is 21.9. The maximum absolute atomic E-state index is 12.1. The Morgan fingerprint density at radius 3 is 2.75 bits per heavy atom. The first-order valence-corrected chi connectivity index (χ1v) is 11.3. The van der Waals surface area contributed by atoms with Crippen LogP contribution in [0.5, 0.6) is 0 Å². The minimum atomic E-state index is 0.0593. The van der Waals surface area contributed by atoms with Gasteiger partial charge in [0.1, 0.15) is 11.0 Å². The molecule has 0 aliphatic carbocycles. The fourth-order valence-electron chi connectivity index (χ4n) is 4.05. The van der Waals surface area contributed by atoms with Gasteiger partial charge >= 0.3 is 0 Å². The van der Waals surface area contributed by atoms with Crippen LogP contribution in [-0.2, 0) is 17.8 Å². The van der Waals surface area contributed by atoms with E-state index in [1.165, 1.54) is 0 Å². The smallest absolute Gasteiger partial charge is 0.224 e. The maximum atomic E-state index is 12.1. The van der Waals surface area contributed by atoms with Crippen molar-refractivity contribution in [3.63, 3.8) is 0 Å². The molecule has 4 rings (SSSR count). The molecule has 0 radical (unpaired) electrons. The van der Waals surface area contributed by atoms with Gasteiger partial charge in [0, 0.05) is 25.2 Å². The molecular formula is C25H30N6O. The number of unbranched alkanes of at least 4 members (excludes halogenated alkanes) is 1.